The molecule has 8 nitrogen and oxygen atoms in total. The van der Waals surface area contributed by atoms with Crippen molar-refractivity contribution >= 4 is 29.5 Å². The van der Waals surface area contributed by atoms with Crippen LogP contribution in [0.1, 0.15) is 13.3 Å². The molecule has 0 aliphatic carbocycles. The van der Waals surface area contributed by atoms with E-state index in [-0.39, 0.29) is 18.7 Å². The molecule has 0 aromatic heterocycles. The largest absolute Gasteiger partial charge is 0.481 e. The summed E-state index contributed by atoms with van der Waals surface area (Å²) < 4.78 is 0. The second-order valence-electron chi connectivity index (χ2n) is 3.41. The summed E-state index contributed by atoms with van der Waals surface area (Å²) >= 11 is 0. The minimum atomic E-state index is -1.18. The zero-order valence-electron chi connectivity index (χ0n) is 9.02. The normalized spacial score (nSPS) is 17.7. The second kappa shape index (κ2) is 5.19. The average Bonchev–Trinajstić information content (AvgIpc) is 2.14. The Morgan fingerprint density at radius 1 is 1.29 bits per heavy atom. The summed E-state index contributed by atoms with van der Waals surface area (Å²) in [6, 6.07) is -0.866. The smallest absolute Gasteiger partial charge is 0.328 e. The van der Waals surface area contributed by atoms with E-state index in [0.717, 1.165) is 0 Å². The molecule has 1 saturated heterocycles. The maximum absolute atomic E-state index is 11.4. The monoisotopic (exact) mass is 241 g/mol. The number of urea groups is 1. The SMILES string of the molecule is CC(=NCCC(=O)O)C1C(=O)NC(=O)NC1=O. The topological polar surface area (TPSA) is 125 Å². The molecule has 0 aromatic carbocycles. The average molecular weight is 241 g/mol. The Morgan fingerprint density at radius 3 is 2.29 bits per heavy atom. The third-order valence-corrected chi connectivity index (χ3v) is 2.10. The molecule has 3 N–H and O–H groups in total. The Bertz CT molecular complexity index is 395. The quantitative estimate of drug-likeness (QED) is 0.425. The van der Waals surface area contributed by atoms with Crippen LogP contribution >= 0.6 is 0 Å². The number of hydrogen-bond acceptors (Lipinski definition) is 5. The van der Waals surface area contributed by atoms with Crippen LogP contribution in [0.4, 0.5) is 4.79 Å². The minimum Gasteiger partial charge on any atom is -0.481 e. The predicted molar refractivity (Wildman–Crippen MR) is 55.4 cm³/mol. The molecule has 0 unspecified atom stereocenters. The van der Waals surface area contributed by atoms with Crippen molar-refractivity contribution in [3.05, 3.63) is 0 Å². The lowest BCUT2D eigenvalue weighted by Gasteiger charge is -2.20. The molecule has 92 valence electrons. The van der Waals surface area contributed by atoms with Gasteiger partial charge in [-0.2, -0.15) is 0 Å². The molecule has 4 amide bonds. The van der Waals surface area contributed by atoms with Gasteiger partial charge in [0.15, 0.2) is 5.92 Å². The Kier molecular flexibility index (Phi) is 3.91. The van der Waals surface area contributed by atoms with Crippen molar-refractivity contribution in [2.45, 2.75) is 13.3 Å². The number of aliphatic carboxylic acids is 1. The first-order valence-electron chi connectivity index (χ1n) is 4.80. The number of rotatable bonds is 4. The standard InChI is InChI=1S/C9H11N3O5/c1-4(10-3-2-5(13)14)6-7(15)11-9(17)12-8(6)16/h6H,2-3H2,1H3,(H,13,14)(H2,11,12,15,16,17). The van der Waals surface area contributed by atoms with Crippen molar-refractivity contribution in [1.29, 1.82) is 0 Å². The fourth-order valence-electron chi connectivity index (χ4n) is 1.32. The van der Waals surface area contributed by atoms with Gasteiger partial charge in [-0.15, -0.1) is 0 Å². The van der Waals surface area contributed by atoms with E-state index in [1.54, 1.807) is 0 Å². The van der Waals surface area contributed by atoms with Crippen LogP contribution in [0.15, 0.2) is 4.99 Å². The highest BCUT2D eigenvalue weighted by molar-refractivity contribution is 6.27. The molecule has 1 heterocycles. The van der Waals surface area contributed by atoms with Crippen LogP contribution in [-0.4, -0.2) is 41.2 Å². The molecule has 17 heavy (non-hydrogen) atoms. The van der Waals surface area contributed by atoms with E-state index in [1.807, 2.05) is 10.6 Å². The van der Waals surface area contributed by atoms with Gasteiger partial charge in [-0.05, 0) is 6.92 Å². The van der Waals surface area contributed by atoms with Gasteiger partial charge >= 0.3 is 12.0 Å². The number of carboxylic acid groups (broad SMARTS) is 1. The van der Waals surface area contributed by atoms with Gasteiger partial charge in [0.05, 0.1) is 6.42 Å². The first-order valence-corrected chi connectivity index (χ1v) is 4.80. The molecule has 1 rings (SSSR count). The van der Waals surface area contributed by atoms with E-state index in [9.17, 15) is 19.2 Å². The van der Waals surface area contributed by atoms with Gasteiger partial charge < -0.3 is 5.11 Å². The van der Waals surface area contributed by atoms with Crippen molar-refractivity contribution < 1.29 is 24.3 Å². The highest BCUT2D eigenvalue weighted by Crippen LogP contribution is 2.05. The summed E-state index contributed by atoms with van der Waals surface area (Å²) in [7, 11) is 0. The van der Waals surface area contributed by atoms with Crippen LogP contribution in [0.3, 0.4) is 0 Å². The molecule has 0 saturated carbocycles. The van der Waals surface area contributed by atoms with Crippen molar-refractivity contribution in [1.82, 2.24) is 10.6 Å². The van der Waals surface area contributed by atoms with Crippen LogP contribution in [0.25, 0.3) is 0 Å². The first-order chi connectivity index (χ1) is 7.91. The lowest BCUT2D eigenvalue weighted by atomic mass is 10.0. The Hall–Kier alpha value is -2.25. The summed E-state index contributed by atoms with van der Waals surface area (Å²) in [5.74, 6) is -3.71. The van der Waals surface area contributed by atoms with Gasteiger partial charge in [-0.1, -0.05) is 0 Å². The molecule has 0 bridgehead atoms. The van der Waals surface area contributed by atoms with E-state index in [4.69, 9.17) is 5.11 Å². The number of carbonyl (C=O) groups excluding carboxylic acids is 3. The van der Waals surface area contributed by atoms with Crippen molar-refractivity contribution in [2.24, 2.45) is 10.9 Å². The molecule has 0 radical (unpaired) electrons. The van der Waals surface area contributed by atoms with Gasteiger partial charge in [0.2, 0.25) is 11.8 Å². The molecule has 1 aliphatic heterocycles. The molecule has 0 spiro atoms. The number of hydrogen-bond donors (Lipinski definition) is 3. The number of barbiturate groups is 1. The van der Waals surface area contributed by atoms with Gasteiger partial charge in [0.1, 0.15) is 0 Å². The van der Waals surface area contributed by atoms with Crippen LogP contribution in [0.2, 0.25) is 0 Å². The van der Waals surface area contributed by atoms with E-state index >= 15 is 0 Å². The lowest BCUT2D eigenvalue weighted by Crippen LogP contribution is -2.57. The molecular weight excluding hydrogens is 230 g/mol. The summed E-state index contributed by atoms with van der Waals surface area (Å²) in [6.45, 7) is 1.41. The third kappa shape index (κ3) is 3.37. The highest BCUT2D eigenvalue weighted by atomic mass is 16.4. The zero-order chi connectivity index (χ0) is 13.0. The van der Waals surface area contributed by atoms with Crippen LogP contribution in [0, 0.1) is 5.92 Å². The maximum atomic E-state index is 11.4. The number of aliphatic imine (C=N–C) groups is 1. The molecular formula is C9H11N3O5. The molecule has 1 fully saturated rings. The third-order valence-electron chi connectivity index (χ3n) is 2.10. The van der Waals surface area contributed by atoms with Gasteiger partial charge in [0, 0.05) is 12.3 Å². The van der Waals surface area contributed by atoms with Crippen molar-refractivity contribution in [2.75, 3.05) is 6.54 Å². The van der Waals surface area contributed by atoms with E-state index in [1.165, 1.54) is 6.92 Å². The number of nitrogens with one attached hydrogen (secondary N) is 2. The Labute approximate surface area is 96.1 Å². The fourth-order valence-corrected chi connectivity index (χ4v) is 1.32. The minimum absolute atomic E-state index is 0.0217. The van der Waals surface area contributed by atoms with Crippen molar-refractivity contribution in [3.63, 3.8) is 0 Å². The van der Waals surface area contributed by atoms with Gasteiger partial charge in [-0.25, -0.2) is 4.79 Å². The molecule has 8 heteroatoms. The Morgan fingerprint density at radius 2 is 1.82 bits per heavy atom. The van der Waals surface area contributed by atoms with E-state index in [2.05, 4.69) is 4.99 Å². The van der Waals surface area contributed by atoms with Crippen LogP contribution in [-0.2, 0) is 14.4 Å². The second-order valence-corrected chi connectivity index (χ2v) is 3.41. The first kappa shape index (κ1) is 12.8. The predicted octanol–water partition coefficient (Wildman–Crippen LogP) is -1.10. The van der Waals surface area contributed by atoms with Gasteiger partial charge in [0.25, 0.3) is 0 Å². The van der Waals surface area contributed by atoms with Gasteiger partial charge in [-0.3, -0.25) is 30.0 Å². The summed E-state index contributed by atoms with van der Waals surface area (Å²) in [4.78, 5) is 47.6. The highest BCUT2D eigenvalue weighted by Gasteiger charge is 2.36. The summed E-state index contributed by atoms with van der Waals surface area (Å²) in [6.07, 6.45) is -0.188. The number of nitrogens with zero attached hydrogens (tertiary/aromatic N) is 1. The van der Waals surface area contributed by atoms with E-state index < -0.39 is 29.7 Å². The zero-order valence-corrected chi connectivity index (χ0v) is 9.02. The molecule has 0 atom stereocenters. The number of carbonyl (C=O) groups is 4. The van der Waals surface area contributed by atoms with E-state index in [0.29, 0.717) is 0 Å². The number of imide groups is 2. The van der Waals surface area contributed by atoms with Crippen LogP contribution < -0.4 is 10.6 Å². The molecule has 0 aromatic rings. The van der Waals surface area contributed by atoms with Crippen molar-refractivity contribution in [3.8, 4) is 0 Å². The maximum Gasteiger partial charge on any atom is 0.328 e. The summed E-state index contributed by atoms with van der Waals surface area (Å²) in [5, 5.41) is 12.3. The Balaban J connectivity index is 2.70. The van der Waals surface area contributed by atoms with Crippen LogP contribution in [0.5, 0.6) is 0 Å². The fraction of sp³-hybridized carbons (Fsp3) is 0.444. The number of amides is 4. The lowest BCUT2D eigenvalue weighted by molar-refractivity contribution is -0.137. The number of carboxylic acids is 1. The molecule has 1 aliphatic rings. The summed E-state index contributed by atoms with van der Waals surface area (Å²) in [5.41, 5.74) is 0.175.